The molecule has 41 heavy (non-hydrogen) atoms. The molecule has 4 atom stereocenters. The van der Waals surface area contributed by atoms with Crippen LogP contribution in [-0.2, 0) is 39.4 Å². The molecule has 0 fully saturated rings. The molecule has 4 heterocycles. The summed E-state index contributed by atoms with van der Waals surface area (Å²) in [6, 6.07) is 2.57. The number of hydrogen-bond acceptors (Lipinski definition) is 9. The zero-order valence-electron chi connectivity index (χ0n) is 22.7. The van der Waals surface area contributed by atoms with E-state index in [0.29, 0.717) is 35.3 Å². The van der Waals surface area contributed by atoms with E-state index in [-0.39, 0.29) is 53.9 Å². The largest absolute Gasteiger partial charge is 0.458 e. The number of benzene rings is 1. The van der Waals surface area contributed by atoms with Gasteiger partial charge in [-0.25, -0.2) is 19.0 Å². The van der Waals surface area contributed by atoms with Crippen LogP contribution >= 0.6 is 29.6 Å². The van der Waals surface area contributed by atoms with Gasteiger partial charge >= 0.3 is 12.1 Å². The Kier molecular flexibility index (Phi) is 7.33. The second kappa shape index (κ2) is 10.6. The minimum atomic E-state index is -1.95. The molecule has 3 aliphatic rings. The molecule has 1 aromatic carbocycles. The van der Waals surface area contributed by atoms with Gasteiger partial charge < -0.3 is 24.5 Å². The van der Waals surface area contributed by atoms with Gasteiger partial charge in [0.2, 0.25) is 0 Å². The molecule has 0 spiro atoms. The van der Waals surface area contributed by atoms with Crippen molar-refractivity contribution in [2.24, 2.45) is 0 Å². The SMILES string of the molecule is CC[C@@]1(O)C(=O)OCc2c1cc1n(c2=O)Cc2c-1nc1cc(F)c(C)c3c1c2[C@@H](NC(=O)OC[C@H](C)SSP)CC3. The highest BCUT2D eigenvalue weighted by Crippen LogP contribution is 2.46. The van der Waals surface area contributed by atoms with Crippen molar-refractivity contribution in [1.29, 1.82) is 0 Å². The number of aryl methyl sites for hydroxylation is 1. The number of carbonyl (C=O) groups is 2. The molecule has 2 N–H and O–H groups in total. The number of rotatable bonds is 6. The van der Waals surface area contributed by atoms with Gasteiger partial charge in [-0.05, 0) is 55.9 Å². The molecular weight excluding hydrogens is 588 g/mol. The first-order valence-electron chi connectivity index (χ1n) is 13.4. The van der Waals surface area contributed by atoms with E-state index in [1.165, 1.54) is 16.5 Å². The summed E-state index contributed by atoms with van der Waals surface area (Å²) in [5, 5.41) is 15.1. The molecule has 3 aromatic rings. The Balaban J connectivity index is 1.51. The smallest absolute Gasteiger partial charge is 0.407 e. The first-order chi connectivity index (χ1) is 19.6. The van der Waals surface area contributed by atoms with Crippen LogP contribution in [-0.4, -0.2) is 38.6 Å². The number of esters is 1. The van der Waals surface area contributed by atoms with Crippen molar-refractivity contribution in [1.82, 2.24) is 14.9 Å². The summed E-state index contributed by atoms with van der Waals surface area (Å²) in [5.41, 5.74) is 2.30. The Hall–Kier alpha value is -2.66. The van der Waals surface area contributed by atoms with Crippen LogP contribution in [0.5, 0.6) is 0 Å². The maximum atomic E-state index is 15.1. The molecule has 9 nitrogen and oxygen atoms in total. The van der Waals surface area contributed by atoms with E-state index < -0.39 is 23.7 Å². The summed E-state index contributed by atoms with van der Waals surface area (Å²) >= 11 is 0. The van der Waals surface area contributed by atoms with Gasteiger partial charge in [-0.15, -0.1) is 0 Å². The Labute approximate surface area is 245 Å². The molecule has 0 saturated heterocycles. The number of aromatic nitrogens is 2. The van der Waals surface area contributed by atoms with Crippen LogP contribution in [0.2, 0.25) is 0 Å². The van der Waals surface area contributed by atoms with Gasteiger partial charge in [-0.3, -0.25) is 4.79 Å². The fourth-order valence-corrected chi connectivity index (χ4v) is 8.95. The number of halogens is 1. The van der Waals surface area contributed by atoms with Crippen LogP contribution in [0.1, 0.15) is 66.1 Å². The first kappa shape index (κ1) is 28.5. The van der Waals surface area contributed by atoms with Gasteiger partial charge in [0.25, 0.3) is 5.56 Å². The third kappa shape index (κ3) is 4.45. The van der Waals surface area contributed by atoms with Crippen molar-refractivity contribution in [2.45, 2.75) is 70.1 Å². The van der Waals surface area contributed by atoms with Crippen LogP contribution < -0.4 is 10.9 Å². The van der Waals surface area contributed by atoms with E-state index in [9.17, 15) is 19.5 Å². The zero-order valence-corrected chi connectivity index (χ0v) is 25.5. The summed E-state index contributed by atoms with van der Waals surface area (Å²) in [4.78, 5) is 44.0. The van der Waals surface area contributed by atoms with E-state index in [4.69, 9.17) is 14.5 Å². The van der Waals surface area contributed by atoms with Gasteiger partial charge in [-0.1, -0.05) is 36.6 Å². The Morgan fingerprint density at radius 2 is 2.15 bits per heavy atom. The van der Waals surface area contributed by atoms with Crippen molar-refractivity contribution >= 4 is 52.6 Å². The van der Waals surface area contributed by atoms with Crippen LogP contribution in [0.4, 0.5) is 9.18 Å². The average Bonchev–Trinajstić information content (AvgIpc) is 3.32. The van der Waals surface area contributed by atoms with Crippen molar-refractivity contribution < 1.29 is 28.6 Å². The van der Waals surface area contributed by atoms with E-state index in [1.807, 2.05) is 6.92 Å². The Bertz CT molecular complexity index is 1700. The normalized spacial score (nSPS) is 21.1. The summed E-state index contributed by atoms with van der Waals surface area (Å²) in [7, 11) is 5.66. The molecule has 1 aliphatic carbocycles. The van der Waals surface area contributed by atoms with E-state index in [2.05, 4.69) is 13.8 Å². The van der Waals surface area contributed by atoms with Crippen LogP contribution in [0.25, 0.3) is 22.3 Å². The highest BCUT2D eigenvalue weighted by Gasteiger charge is 2.46. The number of carbonyl (C=O) groups excluding carboxylic acids is 2. The molecular formula is C28H29FN3O6PS2. The molecule has 0 saturated carbocycles. The average molecular weight is 618 g/mol. The number of fused-ring (bicyclic) bond motifs is 5. The van der Waals surface area contributed by atoms with Gasteiger partial charge in [0, 0.05) is 27.8 Å². The predicted octanol–water partition coefficient (Wildman–Crippen LogP) is 4.80. The Morgan fingerprint density at radius 1 is 1.37 bits per heavy atom. The highest BCUT2D eigenvalue weighted by atomic mass is 33.3. The van der Waals surface area contributed by atoms with Gasteiger partial charge in [0.15, 0.2) is 5.60 Å². The minimum absolute atomic E-state index is 0.0276. The second-order valence-electron chi connectivity index (χ2n) is 10.6. The molecule has 1 amide bonds. The third-order valence-electron chi connectivity index (χ3n) is 8.34. The second-order valence-corrected chi connectivity index (χ2v) is 14.7. The minimum Gasteiger partial charge on any atom is -0.458 e. The maximum absolute atomic E-state index is 15.1. The summed E-state index contributed by atoms with van der Waals surface area (Å²) < 4.78 is 27.3. The first-order valence-corrected chi connectivity index (χ1v) is 17.0. The number of amides is 1. The monoisotopic (exact) mass is 617 g/mol. The highest BCUT2D eigenvalue weighted by molar-refractivity contribution is 8.94. The number of hydrogen-bond donors (Lipinski definition) is 2. The molecule has 6 rings (SSSR count). The fraction of sp³-hybridized carbons (Fsp3) is 0.429. The summed E-state index contributed by atoms with van der Waals surface area (Å²) in [6.07, 6.45) is 0.533. The maximum Gasteiger partial charge on any atom is 0.407 e. The lowest BCUT2D eigenvalue weighted by molar-refractivity contribution is -0.172. The van der Waals surface area contributed by atoms with E-state index >= 15 is 4.39 Å². The molecule has 0 radical (unpaired) electrons. The van der Waals surface area contributed by atoms with Crippen molar-refractivity contribution in [3.8, 4) is 11.4 Å². The molecule has 2 aliphatic heterocycles. The molecule has 0 bridgehead atoms. The van der Waals surface area contributed by atoms with E-state index in [0.717, 1.165) is 22.1 Å². The summed E-state index contributed by atoms with van der Waals surface area (Å²) in [5.74, 6) is -1.18. The number of pyridine rings is 2. The van der Waals surface area contributed by atoms with Crippen LogP contribution in [0.3, 0.4) is 0 Å². The lowest BCUT2D eigenvalue weighted by atomic mass is 9.81. The fourth-order valence-electron chi connectivity index (χ4n) is 6.20. The predicted molar refractivity (Wildman–Crippen MR) is 159 cm³/mol. The standard InChI is InChI=1S/C28H29FN3O6PS2/c1-4-28(36)17-7-21-24-15(9-32(21)25(33)16(17)11-37-26(28)34)23-19(31-27(35)38-10-12(2)40-41-39)6-5-14-13(3)18(29)8-20(30-24)22(14)23/h7-8,12,19,36H,4-6,9-11,39H2,1-3H3,(H,31,35)/t12-,19-,28-/m0/s1. The molecule has 216 valence electrons. The number of nitrogens with one attached hydrogen (secondary N) is 1. The van der Waals surface area contributed by atoms with Gasteiger partial charge in [0.05, 0.1) is 35.1 Å². The Morgan fingerprint density at radius 3 is 2.88 bits per heavy atom. The summed E-state index contributed by atoms with van der Waals surface area (Å²) in [6.45, 7) is 5.53. The molecule has 2 aromatic heterocycles. The van der Waals surface area contributed by atoms with Crippen molar-refractivity contribution in [3.05, 3.63) is 61.7 Å². The zero-order chi connectivity index (χ0) is 29.2. The van der Waals surface area contributed by atoms with Crippen molar-refractivity contribution in [2.75, 3.05) is 6.61 Å². The lowest BCUT2D eigenvalue weighted by Crippen LogP contribution is -2.44. The number of alkyl carbamates (subject to hydrolysis) is 1. The lowest BCUT2D eigenvalue weighted by Gasteiger charge is -2.31. The number of aliphatic hydroxyl groups is 1. The molecule has 1 unspecified atom stereocenters. The number of nitrogens with zero attached hydrogens (tertiary/aromatic N) is 2. The van der Waals surface area contributed by atoms with Crippen LogP contribution in [0.15, 0.2) is 16.9 Å². The third-order valence-corrected chi connectivity index (χ3v) is 11.2. The van der Waals surface area contributed by atoms with Gasteiger partial charge in [0.1, 0.15) is 19.0 Å². The van der Waals surface area contributed by atoms with Crippen molar-refractivity contribution in [3.63, 3.8) is 0 Å². The quantitative estimate of drug-likeness (QED) is 0.179. The number of ether oxygens (including phenoxy) is 2. The van der Waals surface area contributed by atoms with E-state index in [1.54, 1.807) is 35.3 Å². The topological polar surface area (TPSA) is 120 Å². The van der Waals surface area contributed by atoms with Gasteiger partial charge in [-0.2, -0.15) is 0 Å². The number of cyclic esters (lactones) is 1. The molecule has 13 heteroatoms. The van der Waals surface area contributed by atoms with Crippen LogP contribution in [0, 0.1) is 12.7 Å².